The minimum absolute atomic E-state index is 0.822. The monoisotopic (exact) mass is 145 g/mol. The van der Waals surface area contributed by atoms with Crippen LogP contribution in [0.25, 0.3) is 0 Å². The number of nitrogens with zero attached hydrogens (tertiary/aromatic N) is 1. The lowest BCUT2D eigenvalue weighted by Gasteiger charge is -1.82. The average molecular weight is 145 g/mol. The highest BCUT2D eigenvalue weighted by atomic mass is 16.4. The third-order valence-electron chi connectivity index (χ3n) is 1.59. The molecule has 0 amide bonds. The molecule has 0 aromatic carbocycles. The van der Waals surface area contributed by atoms with Crippen molar-refractivity contribution < 1.29 is 19.8 Å². The van der Waals surface area contributed by atoms with Crippen LogP contribution in [0.1, 0.15) is 0 Å². The zero-order valence-corrected chi connectivity index (χ0v) is 5.31. The Morgan fingerprint density at radius 3 is 1.60 bits per heavy atom. The van der Waals surface area contributed by atoms with E-state index in [1.807, 2.05) is 0 Å². The van der Waals surface area contributed by atoms with Gasteiger partial charge in [0.25, 0.3) is 0 Å². The van der Waals surface area contributed by atoms with Gasteiger partial charge in [0, 0.05) is 0 Å². The summed E-state index contributed by atoms with van der Waals surface area (Å²) < 4.78 is 0. The summed E-state index contributed by atoms with van der Waals surface area (Å²) in [6.45, 7) is 0. The van der Waals surface area contributed by atoms with Crippen LogP contribution >= 0.6 is 0 Å². The SMILES string of the molecule is CN1C(C(=O)O)C1C(=O)O. The molecule has 10 heavy (non-hydrogen) atoms. The highest BCUT2D eigenvalue weighted by Gasteiger charge is 2.55. The smallest absolute Gasteiger partial charge is 0.323 e. The fourth-order valence-corrected chi connectivity index (χ4v) is 0.958. The minimum Gasteiger partial charge on any atom is -0.480 e. The van der Waals surface area contributed by atoms with Gasteiger partial charge in [-0.3, -0.25) is 14.5 Å². The standard InChI is InChI=1S/C5H7NO4/c1-6-2(4(7)8)3(6)5(9)10/h2-3H,1H3,(H,7,8)(H,9,10). The molecule has 1 fully saturated rings. The zero-order chi connectivity index (χ0) is 7.89. The van der Waals surface area contributed by atoms with Gasteiger partial charge in [0.1, 0.15) is 12.1 Å². The molecule has 0 spiro atoms. The van der Waals surface area contributed by atoms with E-state index in [1.54, 1.807) is 0 Å². The van der Waals surface area contributed by atoms with Crippen LogP contribution in [-0.4, -0.2) is 46.2 Å². The van der Waals surface area contributed by atoms with Crippen LogP contribution < -0.4 is 0 Å². The summed E-state index contributed by atoms with van der Waals surface area (Å²) in [5.41, 5.74) is 0. The van der Waals surface area contributed by atoms with Gasteiger partial charge in [-0.2, -0.15) is 0 Å². The molecule has 0 aliphatic carbocycles. The maximum atomic E-state index is 10.2. The van der Waals surface area contributed by atoms with Crippen molar-refractivity contribution in [3.63, 3.8) is 0 Å². The summed E-state index contributed by atoms with van der Waals surface area (Å²) >= 11 is 0. The first-order valence-electron chi connectivity index (χ1n) is 2.73. The second-order valence-corrected chi connectivity index (χ2v) is 2.23. The van der Waals surface area contributed by atoms with E-state index in [-0.39, 0.29) is 0 Å². The van der Waals surface area contributed by atoms with E-state index in [1.165, 1.54) is 11.9 Å². The lowest BCUT2D eigenvalue weighted by atomic mass is 10.3. The number of hydrogen-bond donors (Lipinski definition) is 2. The molecule has 2 unspecified atom stereocenters. The average Bonchev–Trinajstić information content (AvgIpc) is 2.40. The van der Waals surface area contributed by atoms with Crippen molar-refractivity contribution >= 4 is 11.9 Å². The summed E-state index contributed by atoms with van der Waals surface area (Å²) in [6, 6.07) is -1.64. The Labute approximate surface area is 56.9 Å². The maximum Gasteiger partial charge on any atom is 0.323 e. The van der Waals surface area contributed by atoms with E-state index < -0.39 is 24.0 Å². The van der Waals surface area contributed by atoms with E-state index in [0.717, 1.165) is 0 Å². The normalized spacial score (nSPS) is 37.1. The van der Waals surface area contributed by atoms with Crippen molar-refractivity contribution in [1.29, 1.82) is 0 Å². The molecular weight excluding hydrogens is 138 g/mol. The fraction of sp³-hybridized carbons (Fsp3) is 0.600. The van der Waals surface area contributed by atoms with Gasteiger partial charge in [0.15, 0.2) is 0 Å². The van der Waals surface area contributed by atoms with Gasteiger partial charge in [-0.25, -0.2) is 0 Å². The first-order valence-corrected chi connectivity index (χ1v) is 2.73. The molecule has 5 heteroatoms. The molecule has 1 saturated heterocycles. The molecule has 2 atom stereocenters. The van der Waals surface area contributed by atoms with E-state index in [2.05, 4.69) is 0 Å². The van der Waals surface area contributed by atoms with Gasteiger partial charge in [-0.05, 0) is 7.05 Å². The Hall–Kier alpha value is -1.10. The third kappa shape index (κ3) is 0.841. The highest BCUT2D eigenvalue weighted by Crippen LogP contribution is 2.25. The number of hydrogen-bond acceptors (Lipinski definition) is 3. The summed E-state index contributed by atoms with van der Waals surface area (Å²) in [7, 11) is 1.47. The predicted octanol–water partition coefficient (Wildman–Crippen LogP) is -1.16. The molecule has 56 valence electrons. The number of carbonyl (C=O) groups is 2. The van der Waals surface area contributed by atoms with E-state index in [4.69, 9.17) is 10.2 Å². The van der Waals surface area contributed by atoms with Crippen molar-refractivity contribution in [2.24, 2.45) is 0 Å². The number of likely N-dealkylation sites (N-methyl/N-ethyl adjacent to an activating group) is 1. The highest BCUT2D eigenvalue weighted by molar-refractivity contribution is 5.90. The largest absolute Gasteiger partial charge is 0.480 e. The summed E-state index contributed by atoms with van der Waals surface area (Å²) in [5, 5.41) is 16.7. The van der Waals surface area contributed by atoms with E-state index >= 15 is 0 Å². The third-order valence-corrected chi connectivity index (χ3v) is 1.59. The Kier molecular flexibility index (Phi) is 1.37. The number of rotatable bonds is 2. The van der Waals surface area contributed by atoms with Crippen molar-refractivity contribution in [3.05, 3.63) is 0 Å². The molecular formula is C5H7NO4. The number of carboxylic acids is 2. The van der Waals surface area contributed by atoms with Crippen LogP contribution in [0.5, 0.6) is 0 Å². The van der Waals surface area contributed by atoms with E-state index in [9.17, 15) is 9.59 Å². The molecule has 0 saturated carbocycles. The molecule has 0 radical (unpaired) electrons. The summed E-state index contributed by atoms with van der Waals surface area (Å²) in [4.78, 5) is 21.6. The van der Waals surface area contributed by atoms with Gasteiger partial charge in [-0.1, -0.05) is 0 Å². The van der Waals surface area contributed by atoms with Crippen LogP contribution in [0, 0.1) is 0 Å². The fourth-order valence-electron chi connectivity index (χ4n) is 0.958. The lowest BCUT2D eigenvalue weighted by molar-refractivity contribution is -0.140. The molecule has 1 aliphatic heterocycles. The van der Waals surface area contributed by atoms with Crippen LogP contribution in [0.3, 0.4) is 0 Å². The molecule has 0 bridgehead atoms. The predicted molar refractivity (Wildman–Crippen MR) is 30.6 cm³/mol. The van der Waals surface area contributed by atoms with Crippen molar-refractivity contribution in [2.75, 3.05) is 7.05 Å². The second kappa shape index (κ2) is 1.95. The van der Waals surface area contributed by atoms with Crippen LogP contribution in [0.2, 0.25) is 0 Å². The van der Waals surface area contributed by atoms with Gasteiger partial charge in [0.2, 0.25) is 0 Å². The van der Waals surface area contributed by atoms with E-state index in [0.29, 0.717) is 0 Å². The van der Waals surface area contributed by atoms with Gasteiger partial charge >= 0.3 is 11.9 Å². The molecule has 1 heterocycles. The van der Waals surface area contributed by atoms with Crippen molar-refractivity contribution in [2.45, 2.75) is 12.1 Å². The van der Waals surface area contributed by atoms with Gasteiger partial charge < -0.3 is 10.2 Å². The molecule has 0 aromatic rings. The minimum atomic E-state index is -1.07. The van der Waals surface area contributed by atoms with Crippen molar-refractivity contribution in [3.8, 4) is 0 Å². The first-order chi connectivity index (χ1) is 4.55. The maximum absolute atomic E-state index is 10.2. The summed E-state index contributed by atoms with van der Waals surface area (Å²) in [6.07, 6.45) is 0. The second-order valence-electron chi connectivity index (χ2n) is 2.23. The molecule has 2 N–H and O–H groups in total. The molecule has 5 nitrogen and oxygen atoms in total. The Morgan fingerprint density at radius 1 is 1.20 bits per heavy atom. The molecule has 1 aliphatic rings. The Morgan fingerprint density at radius 2 is 1.50 bits per heavy atom. The van der Waals surface area contributed by atoms with Gasteiger partial charge in [0.05, 0.1) is 0 Å². The zero-order valence-electron chi connectivity index (χ0n) is 5.31. The first kappa shape index (κ1) is 7.01. The van der Waals surface area contributed by atoms with Crippen LogP contribution in [0.4, 0.5) is 0 Å². The van der Waals surface area contributed by atoms with Crippen LogP contribution in [0.15, 0.2) is 0 Å². The molecule has 0 aromatic heterocycles. The summed E-state index contributed by atoms with van der Waals surface area (Å²) in [5.74, 6) is -2.15. The number of aliphatic carboxylic acids is 2. The Bertz CT molecular complexity index is 170. The lowest BCUT2D eigenvalue weighted by Crippen LogP contribution is -2.14. The van der Waals surface area contributed by atoms with Crippen LogP contribution in [-0.2, 0) is 9.59 Å². The topological polar surface area (TPSA) is 77.6 Å². The molecule has 1 rings (SSSR count). The number of carboxylic acid groups (broad SMARTS) is 2. The Balaban J connectivity index is 2.57. The van der Waals surface area contributed by atoms with Gasteiger partial charge in [-0.15, -0.1) is 0 Å². The quantitative estimate of drug-likeness (QED) is 0.479. The van der Waals surface area contributed by atoms with Crippen molar-refractivity contribution in [1.82, 2.24) is 4.90 Å².